The standard InChI is InChI=1S/C23H22N4OS2/c1-4-12-26-21-11-6-5-10-20(21)25-22(26)29-14-18-15-30-23(24-18)27(17(3)28)19-9-7-8-16(2)13-19/h4-11,13,15H,1,12,14H2,2-3H3. The molecule has 5 nitrogen and oxygen atoms in total. The number of fused-ring (bicyclic) bond motifs is 1. The topological polar surface area (TPSA) is 51.0 Å². The Bertz CT molecular complexity index is 1210. The number of nitrogens with zero attached hydrogens (tertiary/aromatic N) is 4. The number of rotatable bonds is 7. The lowest BCUT2D eigenvalue weighted by molar-refractivity contribution is -0.115. The maximum absolute atomic E-state index is 12.3. The quantitative estimate of drug-likeness (QED) is 0.266. The number of carbonyl (C=O) groups excluding carboxylic acids is 1. The summed E-state index contributed by atoms with van der Waals surface area (Å²) in [5.74, 6) is 0.623. The lowest BCUT2D eigenvalue weighted by Crippen LogP contribution is -2.22. The van der Waals surface area contributed by atoms with Crippen LogP contribution in [0, 0.1) is 6.92 Å². The Morgan fingerprint density at radius 2 is 2.07 bits per heavy atom. The molecule has 0 aliphatic carbocycles. The molecule has 4 aromatic rings. The summed E-state index contributed by atoms with van der Waals surface area (Å²) in [5, 5.41) is 3.63. The molecule has 30 heavy (non-hydrogen) atoms. The van der Waals surface area contributed by atoms with Gasteiger partial charge in [-0.15, -0.1) is 17.9 Å². The highest BCUT2D eigenvalue weighted by molar-refractivity contribution is 7.98. The normalized spacial score (nSPS) is 11.0. The van der Waals surface area contributed by atoms with Crippen LogP contribution in [-0.4, -0.2) is 20.4 Å². The van der Waals surface area contributed by atoms with E-state index in [1.165, 1.54) is 11.3 Å². The Morgan fingerprint density at radius 3 is 2.83 bits per heavy atom. The maximum atomic E-state index is 12.3. The van der Waals surface area contributed by atoms with E-state index in [2.05, 4.69) is 17.2 Å². The van der Waals surface area contributed by atoms with Crippen molar-refractivity contribution >= 4 is 50.9 Å². The minimum Gasteiger partial charge on any atom is -0.315 e. The van der Waals surface area contributed by atoms with E-state index in [9.17, 15) is 4.79 Å². The zero-order valence-corrected chi connectivity index (χ0v) is 18.5. The molecule has 2 aromatic heterocycles. The minimum atomic E-state index is -0.0538. The van der Waals surface area contributed by atoms with Gasteiger partial charge < -0.3 is 4.57 Å². The molecule has 0 fully saturated rings. The van der Waals surface area contributed by atoms with Crippen molar-refractivity contribution in [3.05, 3.63) is 77.8 Å². The highest BCUT2D eigenvalue weighted by Gasteiger charge is 2.18. The number of thioether (sulfide) groups is 1. The van der Waals surface area contributed by atoms with Crippen LogP contribution in [0.15, 0.2) is 71.7 Å². The van der Waals surface area contributed by atoms with Crippen molar-refractivity contribution in [2.45, 2.75) is 31.3 Å². The van der Waals surface area contributed by atoms with Crippen LogP contribution in [0.5, 0.6) is 0 Å². The van der Waals surface area contributed by atoms with Crippen molar-refractivity contribution in [1.29, 1.82) is 0 Å². The molecule has 0 unspecified atom stereocenters. The molecule has 0 spiro atoms. The number of allylic oxidation sites excluding steroid dienone is 1. The Morgan fingerprint density at radius 1 is 1.23 bits per heavy atom. The van der Waals surface area contributed by atoms with Crippen molar-refractivity contribution < 1.29 is 4.79 Å². The smallest absolute Gasteiger partial charge is 0.230 e. The summed E-state index contributed by atoms with van der Waals surface area (Å²) in [6.45, 7) is 8.16. The van der Waals surface area contributed by atoms with Gasteiger partial charge >= 0.3 is 0 Å². The molecule has 0 atom stereocenters. The molecular weight excluding hydrogens is 412 g/mol. The predicted octanol–water partition coefficient (Wildman–Crippen LogP) is 5.96. The van der Waals surface area contributed by atoms with Gasteiger partial charge in [-0.05, 0) is 36.8 Å². The zero-order valence-electron chi connectivity index (χ0n) is 16.9. The van der Waals surface area contributed by atoms with Crippen LogP contribution < -0.4 is 4.90 Å². The number of benzene rings is 2. The Labute approximate surface area is 184 Å². The van der Waals surface area contributed by atoms with Gasteiger partial charge in [-0.2, -0.15) is 0 Å². The van der Waals surface area contributed by atoms with E-state index >= 15 is 0 Å². The molecule has 0 N–H and O–H groups in total. The molecule has 7 heteroatoms. The number of imidazole rings is 1. The van der Waals surface area contributed by atoms with Crippen LogP contribution in [0.1, 0.15) is 18.2 Å². The van der Waals surface area contributed by atoms with Crippen molar-refractivity contribution in [2.75, 3.05) is 4.90 Å². The Balaban J connectivity index is 1.56. The van der Waals surface area contributed by atoms with Crippen LogP contribution in [0.3, 0.4) is 0 Å². The number of para-hydroxylation sites is 2. The molecule has 0 aliphatic rings. The highest BCUT2D eigenvalue weighted by atomic mass is 32.2. The van der Waals surface area contributed by atoms with E-state index in [1.54, 1.807) is 23.6 Å². The zero-order chi connectivity index (χ0) is 21.1. The van der Waals surface area contributed by atoms with Crippen LogP contribution >= 0.6 is 23.1 Å². The predicted molar refractivity (Wildman–Crippen MR) is 126 cm³/mol. The first-order valence-corrected chi connectivity index (χ1v) is 11.4. The van der Waals surface area contributed by atoms with Crippen LogP contribution in [0.2, 0.25) is 0 Å². The molecule has 0 saturated carbocycles. The van der Waals surface area contributed by atoms with Crippen molar-refractivity contribution in [3.63, 3.8) is 0 Å². The largest absolute Gasteiger partial charge is 0.315 e. The number of hydrogen-bond donors (Lipinski definition) is 0. The van der Waals surface area contributed by atoms with Gasteiger partial charge in [-0.3, -0.25) is 9.69 Å². The summed E-state index contributed by atoms with van der Waals surface area (Å²) >= 11 is 3.12. The van der Waals surface area contributed by atoms with Gasteiger partial charge in [0.05, 0.1) is 22.4 Å². The van der Waals surface area contributed by atoms with Crippen molar-refractivity contribution in [3.8, 4) is 0 Å². The Kier molecular flexibility index (Phi) is 6.01. The van der Waals surface area contributed by atoms with Gasteiger partial charge in [0.1, 0.15) is 0 Å². The summed E-state index contributed by atoms with van der Waals surface area (Å²) < 4.78 is 2.16. The fraction of sp³-hybridized carbons (Fsp3) is 0.174. The lowest BCUT2D eigenvalue weighted by atomic mass is 10.2. The summed E-state index contributed by atoms with van der Waals surface area (Å²) in [7, 11) is 0. The number of amides is 1. The van der Waals surface area contributed by atoms with Crippen LogP contribution in [-0.2, 0) is 17.1 Å². The molecule has 4 rings (SSSR count). The third-order valence-electron chi connectivity index (χ3n) is 4.59. The van der Waals surface area contributed by atoms with Crippen LogP contribution in [0.4, 0.5) is 10.8 Å². The summed E-state index contributed by atoms with van der Waals surface area (Å²) in [6.07, 6.45) is 1.88. The van der Waals surface area contributed by atoms with E-state index < -0.39 is 0 Å². The van der Waals surface area contributed by atoms with Crippen LogP contribution in [0.25, 0.3) is 11.0 Å². The number of hydrogen-bond acceptors (Lipinski definition) is 5. The molecule has 0 saturated heterocycles. The van der Waals surface area contributed by atoms with Gasteiger partial charge in [0.15, 0.2) is 10.3 Å². The Hall–Kier alpha value is -2.90. The maximum Gasteiger partial charge on any atom is 0.230 e. The summed E-state index contributed by atoms with van der Waals surface area (Å²) in [4.78, 5) is 23.5. The monoisotopic (exact) mass is 434 g/mol. The molecular formula is C23H22N4OS2. The number of thiazole rings is 1. The van der Waals surface area contributed by atoms with Gasteiger partial charge in [-0.1, -0.05) is 42.1 Å². The average molecular weight is 435 g/mol. The van der Waals surface area contributed by atoms with Crippen molar-refractivity contribution in [2.24, 2.45) is 0 Å². The fourth-order valence-corrected chi connectivity index (χ4v) is 5.18. The molecule has 1 amide bonds. The third-order valence-corrected chi connectivity index (χ3v) is 6.47. The SMILES string of the molecule is C=CCn1c(SCc2csc(N(C(C)=O)c3cccc(C)c3)n2)nc2ccccc21. The second-order valence-corrected chi connectivity index (χ2v) is 8.66. The number of aromatic nitrogens is 3. The van der Waals surface area contributed by atoms with Gasteiger partial charge in [-0.25, -0.2) is 9.97 Å². The second kappa shape index (κ2) is 8.85. The fourth-order valence-electron chi connectivity index (χ4n) is 3.27. The molecule has 2 aromatic carbocycles. The number of anilines is 2. The van der Waals surface area contributed by atoms with E-state index in [-0.39, 0.29) is 5.91 Å². The first kappa shape index (κ1) is 20.4. The molecule has 0 radical (unpaired) electrons. The van der Waals surface area contributed by atoms with E-state index in [1.807, 2.05) is 60.8 Å². The van der Waals surface area contributed by atoms with Crippen molar-refractivity contribution in [1.82, 2.24) is 14.5 Å². The summed E-state index contributed by atoms with van der Waals surface area (Å²) in [6, 6.07) is 16.0. The third kappa shape index (κ3) is 4.17. The van der Waals surface area contributed by atoms with E-state index in [4.69, 9.17) is 9.97 Å². The van der Waals surface area contributed by atoms with Gasteiger partial charge in [0, 0.05) is 24.6 Å². The summed E-state index contributed by atoms with van der Waals surface area (Å²) in [5.41, 5.74) is 4.94. The van der Waals surface area contributed by atoms with E-state index in [0.29, 0.717) is 17.4 Å². The first-order chi connectivity index (χ1) is 14.6. The second-order valence-electron chi connectivity index (χ2n) is 6.89. The molecule has 0 aliphatic heterocycles. The number of carbonyl (C=O) groups is 1. The minimum absolute atomic E-state index is 0.0538. The molecule has 0 bridgehead atoms. The average Bonchev–Trinajstić information content (AvgIpc) is 3.32. The molecule has 152 valence electrons. The van der Waals surface area contributed by atoms with Gasteiger partial charge in [0.25, 0.3) is 0 Å². The molecule has 2 heterocycles. The lowest BCUT2D eigenvalue weighted by Gasteiger charge is -2.18. The van der Waals surface area contributed by atoms with Gasteiger partial charge in [0.2, 0.25) is 5.91 Å². The first-order valence-electron chi connectivity index (χ1n) is 9.57. The highest BCUT2D eigenvalue weighted by Crippen LogP contribution is 2.32. The van der Waals surface area contributed by atoms with E-state index in [0.717, 1.165) is 33.1 Å². The number of aryl methyl sites for hydroxylation is 1.